The third-order valence-corrected chi connectivity index (χ3v) is 3.89. The van der Waals surface area contributed by atoms with Gasteiger partial charge in [-0.15, -0.1) is 0 Å². The molecule has 0 aliphatic heterocycles. The number of aliphatic carboxylic acids is 1. The Balaban J connectivity index is 2.47. The summed E-state index contributed by atoms with van der Waals surface area (Å²) in [5.41, 5.74) is 0. The van der Waals surface area contributed by atoms with E-state index in [-0.39, 0.29) is 5.91 Å². The van der Waals surface area contributed by atoms with Crippen LogP contribution in [0.2, 0.25) is 0 Å². The number of rotatable bonds is 5. The minimum absolute atomic E-state index is 0.206. The van der Waals surface area contributed by atoms with Gasteiger partial charge in [-0.3, -0.25) is 13.8 Å². The molecule has 0 spiro atoms. The highest BCUT2D eigenvalue weighted by molar-refractivity contribution is 7.84. The number of carbonyl (C=O) groups is 2. The van der Waals surface area contributed by atoms with Crippen LogP contribution in [0.4, 0.5) is 0 Å². The molecule has 0 bridgehead atoms. The van der Waals surface area contributed by atoms with Crippen LogP contribution in [0, 0.1) is 11.8 Å². The topological polar surface area (TPSA) is 83.5 Å². The fraction of sp³-hybridized carbons (Fsp3) is 0.818. The van der Waals surface area contributed by atoms with Crippen LogP contribution >= 0.6 is 0 Å². The summed E-state index contributed by atoms with van der Waals surface area (Å²) in [6, 6.07) is 0. The summed E-state index contributed by atoms with van der Waals surface area (Å²) in [5, 5.41) is 11.7. The molecule has 1 aliphatic rings. The smallest absolute Gasteiger partial charge is 0.307 e. The average molecular weight is 261 g/mol. The lowest BCUT2D eigenvalue weighted by atomic mass is 9.79. The van der Waals surface area contributed by atoms with Gasteiger partial charge in [0.2, 0.25) is 5.91 Å². The van der Waals surface area contributed by atoms with Gasteiger partial charge in [0.05, 0.1) is 11.8 Å². The largest absolute Gasteiger partial charge is 0.481 e. The summed E-state index contributed by atoms with van der Waals surface area (Å²) < 4.78 is 10.8. The Morgan fingerprint density at radius 1 is 1.29 bits per heavy atom. The lowest BCUT2D eigenvalue weighted by molar-refractivity contribution is -0.148. The maximum absolute atomic E-state index is 11.8. The van der Waals surface area contributed by atoms with Crippen LogP contribution in [0.5, 0.6) is 0 Å². The molecule has 2 N–H and O–H groups in total. The number of amides is 1. The maximum Gasteiger partial charge on any atom is 0.307 e. The fourth-order valence-electron chi connectivity index (χ4n) is 2.19. The van der Waals surface area contributed by atoms with E-state index in [1.165, 1.54) is 0 Å². The Labute approximate surface area is 103 Å². The number of nitrogens with one attached hydrogen (secondary N) is 1. The van der Waals surface area contributed by atoms with Crippen molar-refractivity contribution < 1.29 is 18.9 Å². The molecule has 98 valence electrons. The van der Waals surface area contributed by atoms with Crippen molar-refractivity contribution in [2.45, 2.75) is 25.7 Å². The predicted octanol–water partition coefficient (Wildman–Crippen LogP) is 0.372. The Bertz CT molecular complexity index is 319. The van der Waals surface area contributed by atoms with Crippen LogP contribution in [0.25, 0.3) is 0 Å². The van der Waals surface area contributed by atoms with Crippen molar-refractivity contribution >= 4 is 22.7 Å². The average Bonchev–Trinajstić information content (AvgIpc) is 2.28. The molecule has 3 atom stereocenters. The Morgan fingerprint density at radius 2 is 1.88 bits per heavy atom. The van der Waals surface area contributed by atoms with E-state index in [1.54, 1.807) is 6.26 Å². The van der Waals surface area contributed by atoms with Gasteiger partial charge in [-0.05, 0) is 12.8 Å². The zero-order valence-electron chi connectivity index (χ0n) is 9.98. The van der Waals surface area contributed by atoms with Crippen molar-refractivity contribution in [2.24, 2.45) is 11.8 Å². The minimum atomic E-state index is -0.936. The number of hydrogen-bond donors (Lipinski definition) is 2. The van der Waals surface area contributed by atoms with E-state index in [4.69, 9.17) is 5.11 Å². The van der Waals surface area contributed by atoms with Crippen LogP contribution in [0.3, 0.4) is 0 Å². The number of hydrogen-bond acceptors (Lipinski definition) is 3. The highest BCUT2D eigenvalue weighted by atomic mass is 32.2. The summed E-state index contributed by atoms with van der Waals surface area (Å²) in [6.07, 6.45) is 4.57. The Morgan fingerprint density at radius 3 is 2.41 bits per heavy atom. The van der Waals surface area contributed by atoms with Crippen molar-refractivity contribution in [3.05, 3.63) is 0 Å². The van der Waals surface area contributed by atoms with Gasteiger partial charge < -0.3 is 10.4 Å². The van der Waals surface area contributed by atoms with Gasteiger partial charge in [0.25, 0.3) is 0 Å². The van der Waals surface area contributed by atoms with Crippen LogP contribution in [-0.2, 0) is 20.4 Å². The second-order valence-electron chi connectivity index (χ2n) is 4.40. The van der Waals surface area contributed by atoms with Crippen molar-refractivity contribution in [1.29, 1.82) is 0 Å². The van der Waals surface area contributed by atoms with E-state index in [0.29, 0.717) is 25.1 Å². The molecule has 0 saturated heterocycles. The molecule has 0 aromatic rings. The second kappa shape index (κ2) is 6.74. The third-order valence-electron chi connectivity index (χ3n) is 3.11. The Kier molecular flexibility index (Phi) is 5.61. The summed E-state index contributed by atoms with van der Waals surface area (Å²) >= 11 is 0. The molecule has 0 radical (unpaired) electrons. The molecular formula is C11H19NO4S. The molecule has 17 heavy (non-hydrogen) atoms. The van der Waals surface area contributed by atoms with Gasteiger partial charge in [0, 0.05) is 29.4 Å². The molecule has 1 fully saturated rings. The SMILES string of the molecule is CS(=O)CCNC(=O)[C@@H]1CCCC[C@@H]1C(=O)O. The molecule has 1 saturated carbocycles. The van der Waals surface area contributed by atoms with E-state index in [0.717, 1.165) is 12.8 Å². The van der Waals surface area contributed by atoms with E-state index < -0.39 is 28.6 Å². The summed E-state index contributed by atoms with van der Waals surface area (Å²) in [6.45, 7) is 0.352. The first-order valence-electron chi connectivity index (χ1n) is 5.83. The van der Waals surface area contributed by atoms with E-state index in [1.807, 2.05) is 0 Å². The second-order valence-corrected chi connectivity index (χ2v) is 5.96. The van der Waals surface area contributed by atoms with Crippen LogP contribution in [-0.4, -0.2) is 39.7 Å². The van der Waals surface area contributed by atoms with E-state index >= 15 is 0 Å². The highest BCUT2D eigenvalue weighted by Gasteiger charge is 2.35. The third kappa shape index (κ3) is 4.46. The van der Waals surface area contributed by atoms with Gasteiger partial charge in [-0.25, -0.2) is 0 Å². The molecule has 1 aliphatic carbocycles. The molecular weight excluding hydrogens is 242 g/mol. The first kappa shape index (κ1) is 14.2. The number of carboxylic acids is 1. The molecule has 1 rings (SSSR count). The van der Waals surface area contributed by atoms with Gasteiger partial charge in [-0.2, -0.15) is 0 Å². The molecule has 1 unspecified atom stereocenters. The quantitative estimate of drug-likeness (QED) is 0.749. The van der Waals surface area contributed by atoms with Crippen LogP contribution < -0.4 is 5.32 Å². The minimum Gasteiger partial charge on any atom is -0.481 e. The molecule has 5 nitrogen and oxygen atoms in total. The molecule has 0 aromatic carbocycles. The van der Waals surface area contributed by atoms with Gasteiger partial charge in [0.15, 0.2) is 0 Å². The van der Waals surface area contributed by atoms with Crippen LogP contribution in [0.15, 0.2) is 0 Å². The molecule has 0 heterocycles. The zero-order valence-corrected chi connectivity index (χ0v) is 10.8. The zero-order chi connectivity index (χ0) is 12.8. The summed E-state index contributed by atoms with van der Waals surface area (Å²) in [5.74, 6) is -1.66. The van der Waals surface area contributed by atoms with Crippen molar-refractivity contribution in [3.8, 4) is 0 Å². The maximum atomic E-state index is 11.8. The van der Waals surface area contributed by atoms with E-state index in [2.05, 4.69) is 5.32 Å². The lowest BCUT2D eigenvalue weighted by Gasteiger charge is -2.27. The number of carbonyl (C=O) groups excluding carboxylic acids is 1. The van der Waals surface area contributed by atoms with Crippen molar-refractivity contribution in [1.82, 2.24) is 5.32 Å². The fourth-order valence-corrected chi connectivity index (χ4v) is 2.58. The molecule has 1 amide bonds. The number of carboxylic acid groups (broad SMARTS) is 1. The standard InChI is InChI=1S/C11H19NO4S/c1-17(16)7-6-12-10(13)8-4-2-3-5-9(8)11(14)15/h8-9H,2-7H2,1H3,(H,12,13)(H,14,15)/t8-,9+,17?/m1/s1. The Hall–Kier alpha value is -0.910. The molecule has 6 heteroatoms. The predicted molar refractivity (Wildman–Crippen MR) is 65.0 cm³/mol. The van der Waals surface area contributed by atoms with E-state index in [9.17, 15) is 13.8 Å². The van der Waals surface area contributed by atoms with Gasteiger partial charge in [-0.1, -0.05) is 12.8 Å². The van der Waals surface area contributed by atoms with Crippen molar-refractivity contribution in [2.75, 3.05) is 18.6 Å². The highest BCUT2D eigenvalue weighted by Crippen LogP contribution is 2.30. The first-order chi connectivity index (χ1) is 8.02. The van der Waals surface area contributed by atoms with Crippen molar-refractivity contribution in [3.63, 3.8) is 0 Å². The lowest BCUT2D eigenvalue weighted by Crippen LogP contribution is -2.40. The monoisotopic (exact) mass is 261 g/mol. The van der Waals surface area contributed by atoms with Gasteiger partial charge >= 0.3 is 5.97 Å². The summed E-state index contributed by atoms with van der Waals surface area (Å²) in [4.78, 5) is 22.8. The summed E-state index contributed by atoms with van der Waals surface area (Å²) in [7, 11) is -0.936. The van der Waals surface area contributed by atoms with Gasteiger partial charge in [0.1, 0.15) is 0 Å². The van der Waals surface area contributed by atoms with Crippen LogP contribution in [0.1, 0.15) is 25.7 Å². The first-order valence-corrected chi connectivity index (χ1v) is 7.55. The molecule has 0 aromatic heterocycles. The normalized spacial score (nSPS) is 26.2.